The fourth-order valence-corrected chi connectivity index (χ4v) is 2.71. The molecular formula is C15H24N2. The Morgan fingerprint density at radius 3 is 2.71 bits per heavy atom. The zero-order valence-corrected chi connectivity index (χ0v) is 10.9. The van der Waals surface area contributed by atoms with Gasteiger partial charge >= 0.3 is 0 Å². The van der Waals surface area contributed by atoms with E-state index >= 15 is 0 Å². The van der Waals surface area contributed by atoms with Gasteiger partial charge in [-0.15, -0.1) is 0 Å². The van der Waals surface area contributed by atoms with Crippen molar-refractivity contribution in [2.24, 2.45) is 11.7 Å². The second kappa shape index (κ2) is 6.06. The summed E-state index contributed by atoms with van der Waals surface area (Å²) >= 11 is 0. The highest BCUT2D eigenvalue weighted by atomic mass is 15.1. The van der Waals surface area contributed by atoms with Crippen molar-refractivity contribution in [1.29, 1.82) is 0 Å². The Bertz CT molecular complexity index is 329. The fraction of sp³-hybridized carbons (Fsp3) is 0.600. The molecule has 0 bridgehead atoms. The molecule has 1 heterocycles. The number of hydrogen-bond acceptors (Lipinski definition) is 2. The number of nitrogens with zero attached hydrogens (tertiary/aromatic N) is 1. The van der Waals surface area contributed by atoms with Gasteiger partial charge in [0, 0.05) is 18.8 Å². The van der Waals surface area contributed by atoms with Crippen LogP contribution in [0.15, 0.2) is 24.3 Å². The molecule has 2 heteroatoms. The number of rotatable bonds is 4. The van der Waals surface area contributed by atoms with E-state index in [9.17, 15) is 0 Å². The van der Waals surface area contributed by atoms with Gasteiger partial charge in [-0.05, 0) is 55.8 Å². The molecule has 2 nitrogen and oxygen atoms in total. The summed E-state index contributed by atoms with van der Waals surface area (Å²) in [5.41, 5.74) is 8.46. The molecule has 1 fully saturated rings. The first-order chi connectivity index (χ1) is 8.33. The second-order valence-electron chi connectivity index (χ2n) is 5.05. The number of anilines is 1. The first kappa shape index (κ1) is 12.4. The van der Waals surface area contributed by atoms with E-state index in [1.165, 1.54) is 43.6 Å². The molecule has 2 N–H and O–H groups in total. The van der Waals surface area contributed by atoms with Gasteiger partial charge in [0.25, 0.3) is 0 Å². The van der Waals surface area contributed by atoms with E-state index in [1.807, 2.05) is 0 Å². The molecule has 1 atom stereocenters. The molecule has 94 valence electrons. The van der Waals surface area contributed by atoms with E-state index in [1.54, 1.807) is 0 Å². The molecular weight excluding hydrogens is 208 g/mol. The van der Waals surface area contributed by atoms with Crippen LogP contribution in [0.1, 0.15) is 31.7 Å². The molecule has 1 saturated heterocycles. The van der Waals surface area contributed by atoms with Crippen molar-refractivity contribution >= 4 is 5.69 Å². The third-order valence-electron chi connectivity index (χ3n) is 3.80. The first-order valence-corrected chi connectivity index (χ1v) is 6.87. The lowest BCUT2D eigenvalue weighted by Gasteiger charge is -2.34. The number of piperidine rings is 1. The molecule has 0 saturated carbocycles. The molecule has 1 aromatic rings. The minimum absolute atomic E-state index is 0.791. The van der Waals surface area contributed by atoms with Gasteiger partial charge in [-0.3, -0.25) is 0 Å². The molecule has 0 aliphatic carbocycles. The lowest BCUT2D eigenvalue weighted by molar-refractivity contribution is 0.396. The lowest BCUT2D eigenvalue weighted by atomic mass is 9.94. The molecule has 0 aromatic heterocycles. The Balaban J connectivity index is 2.00. The van der Waals surface area contributed by atoms with E-state index in [0.717, 1.165) is 18.9 Å². The van der Waals surface area contributed by atoms with Gasteiger partial charge in [0.15, 0.2) is 0 Å². The topological polar surface area (TPSA) is 29.3 Å². The molecule has 0 amide bonds. The quantitative estimate of drug-likeness (QED) is 0.865. The first-order valence-electron chi connectivity index (χ1n) is 6.87. The highest BCUT2D eigenvalue weighted by molar-refractivity contribution is 5.48. The van der Waals surface area contributed by atoms with Crippen molar-refractivity contribution in [2.45, 2.75) is 32.6 Å². The van der Waals surface area contributed by atoms with Crippen LogP contribution < -0.4 is 10.6 Å². The van der Waals surface area contributed by atoms with E-state index in [2.05, 4.69) is 36.1 Å². The third kappa shape index (κ3) is 3.22. The zero-order chi connectivity index (χ0) is 12.1. The predicted octanol–water partition coefficient (Wildman–Crippen LogP) is 2.81. The predicted molar refractivity (Wildman–Crippen MR) is 74.4 cm³/mol. The Hall–Kier alpha value is -1.02. The average Bonchev–Trinajstić information content (AvgIpc) is 2.40. The maximum absolute atomic E-state index is 5.66. The van der Waals surface area contributed by atoms with Crippen molar-refractivity contribution in [1.82, 2.24) is 0 Å². The van der Waals surface area contributed by atoms with E-state index in [-0.39, 0.29) is 0 Å². The van der Waals surface area contributed by atoms with Crippen LogP contribution in [0.25, 0.3) is 0 Å². The largest absolute Gasteiger partial charge is 0.371 e. The summed E-state index contributed by atoms with van der Waals surface area (Å²) in [6.07, 6.45) is 4.95. The van der Waals surface area contributed by atoms with E-state index in [4.69, 9.17) is 5.73 Å². The lowest BCUT2D eigenvalue weighted by Crippen LogP contribution is -2.36. The van der Waals surface area contributed by atoms with Crippen LogP contribution >= 0.6 is 0 Å². The van der Waals surface area contributed by atoms with Gasteiger partial charge in [-0.1, -0.05) is 19.1 Å². The summed E-state index contributed by atoms with van der Waals surface area (Å²) in [5, 5.41) is 0. The van der Waals surface area contributed by atoms with Gasteiger partial charge in [0.05, 0.1) is 0 Å². The van der Waals surface area contributed by atoms with Crippen LogP contribution in [0.2, 0.25) is 0 Å². The summed E-state index contributed by atoms with van der Waals surface area (Å²) in [5.74, 6) is 0.791. The van der Waals surface area contributed by atoms with Gasteiger partial charge in [0.2, 0.25) is 0 Å². The summed E-state index contributed by atoms with van der Waals surface area (Å²) in [6, 6.07) is 9.04. The van der Waals surface area contributed by atoms with Crippen LogP contribution in [0.3, 0.4) is 0 Å². The van der Waals surface area contributed by atoms with Gasteiger partial charge < -0.3 is 10.6 Å². The van der Waals surface area contributed by atoms with Crippen molar-refractivity contribution in [3.8, 4) is 0 Å². The minimum atomic E-state index is 0.791. The summed E-state index contributed by atoms with van der Waals surface area (Å²) in [7, 11) is 0. The van der Waals surface area contributed by atoms with Crippen molar-refractivity contribution in [3.05, 3.63) is 29.8 Å². The van der Waals surface area contributed by atoms with E-state index in [0.29, 0.717) is 0 Å². The number of aryl methyl sites for hydroxylation is 1. The Morgan fingerprint density at radius 1 is 1.29 bits per heavy atom. The van der Waals surface area contributed by atoms with Crippen molar-refractivity contribution in [3.63, 3.8) is 0 Å². The Morgan fingerprint density at radius 2 is 2.06 bits per heavy atom. The molecule has 1 unspecified atom stereocenters. The number of hydrogen-bond donors (Lipinski definition) is 1. The molecule has 0 radical (unpaired) electrons. The Labute approximate surface area is 105 Å². The highest BCUT2D eigenvalue weighted by Crippen LogP contribution is 2.24. The standard InChI is InChI=1S/C15H24N2/c1-2-13-5-7-15(8-6-13)17-11-3-4-14(12-17)9-10-16/h5-8,14H,2-4,9-12,16H2,1H3. The van der Waals surface area contributed by atoms with Crippen LogP contribution in [-0.2, 0) is 6.42 Å². The molecule has 2 rings (SSSR count). The summed E-state index contributed by atoms with van der Waals surface area (Å²) < 4.78 is 0. The van der Waals surface area contributed by atoms with Gasteiger partial charge in [-0.2, -0.15) is 0 Å². The van der Waals surface area contributed by atoms with Crippen molar-refractivity contribution in [2.75, 3.05) is 24.5 Å². The highest BCUT2D eigenvalue weighted by Gasteiger charge is 2.19. The molecule has 1 aliphatic heterocycles. The maximum atomic E-state index is 5.66. The normalized spacial score (nSPS) is 20.6. The smallest absolute Gasteiger partial charge is 0.0366 e. The van der Waals surface area contributed by atoms with Gasteiger partial charge in [-0.25, -0.2) is 0 Å². The monoisotopic (exact) mass is 232 g/mol. The van der Waals surface area contributed by atoms with Crippen LogP contribution in [0, 0.1) is 5.92 Å². The molecule has 0 spiro atoms. The number of benzene rings is 1. The minimum Gasteiger partial charge on any atom is -0.371 e. The third-order valence-corrected chi connectivity index (χ3v) is 3.80. The molecule has 1 aromatic carbocycles. The van der Waals surface area contributed by atoms with E-state index < -0.39 is 0 Å². The SMILES string of the molecule is CCc1ccc(N2CCCC(CCN)C2)cc1. The van der Waals surface area contributed by atoms with Crippen LogP contribution in [0.4, 0.5) is 5.69 Å². The molecule has 17 heavy (non-hydrogen) atoms. The van der Waals surface area contributed by atoms with Crippen LogP contribution in [0.5, 0.6) is 0 Å². The maximum Gasteiger partial charge on any atom is 0.0366 e. The summed E-state index contributed by atoms with van der Waals surface area (Å²) in [4.78, 5) is 2.52. The molecule has 1 aliphatic rings. The fourth-order valence-electron chi connectivity index (χ4n) is 2.71. The number of nitrogens with two attached hydrogens (primary N) is 1. The van der Waals surface area contributed by atoms with Crippen molar-refractivity contribution < 1.29 is 0 Å². The van der Waals surface area contributed by atoms with Crippen LogP contribution in [-0.4, -0.2) is 19.6 Å². The Kier molecular flexibility index (Phi) is 4.43. The van der Waals surface area contributed by atoms with Gasteiger partial charge in [0.1, 0.15) is 0 Å². The average molecular weight is 232 g/mol. The summed E-state index contributed by atoms with van der Waals surface area (Å²) in [6.45, 7) is 5.41. The zero-order valence-electron chi connectivity index (χ0n) is 10.9. The second-order valence-corrected chi connectivity index (χ2v) is 5.05.